The largest absolute Gasteiger partial charge is 0.332 e. The average Bonchev–Trinajstić information content (AvgIpc) is 4.21. The minimum atomic E-state index is 0.0294. The molecule has 0 saturated carbocycles. The first-order valence-corrected chi connectivity index (χ1v) is 27.0. The normalized spacial score (nSPS) is 17.1. The summed E-state index contributed by atoms with van der Waals surface area (Å²) >= 11 is 0. The van der Waals surface area contributed by atoms with Crippen molar-refractivity contribution in [2.75, 3.05) is 4.90 Å². The molecule has 8 aromatic carbocycles. The van der Waals surface area contributed by atoms with E-state index in [0.29, 0.717) is 0 Å². The van der Waals surface area contributed by atoms with Crippen molar-refractivity contribution in [3.63, 3.8) is 0 Å². The second-order valence-electron chi connectivity index (χ2n) is 26.3. The van der Waals surface area contributed by atoms with Gasteiger partial charge in [0.2, 0.25) is 0 Å². The Morgan fingerprint density at radius 3 is 1.42 bits per heavy atom. The highest BCUT2D eigenvalue weighted by Gasteiger charge is 2.50. The average molecular weight is 961 g/mol. The lowest BCUT2D eigenvalue weighted by atomic mass is 9.82. The summed E-state index contributed by atoms with van der Waals surface area (Å²) in [5.41, 5.74) is 23.7. The maximum Gasteiger partial charge on any atom is 0.0723 e. The summed E-state index contributed by atoms with van der Waals surface area (Å²) in [6, 6.07) is 57.3. The smallest absolute Gasteiger partial charge is 0.0723 e. The van der Waals surface area contributed by atoms with E-state index in [1.54, 1.807) is 0 Å². The summed E-state index contributed by atoms with van der Waals surface area (Å²) in [5.74, 6) is 0.135. The fourth-order valence-electron chi connectivity index (χ4n) is 13.8. The Hall–Kier alpha value is -7.56. The minimum Gasteiger partial charge on any atom is -0.332 e. The van der Waals surface area contributed by atoms with Gasteiger partial charge in [0, 0.05) is 60.0 Å². The number of para-hydroxylation sites is 2. The minimum absolute atomic E-state index is 0.0294. The number of rotatable bonds is 2. The van der Waals surface area contributed by atoms with Gasteiger partial charge in [-0.15, -0.1) is 0 Å². The Bertz CT molecular complexity index is 4380. The van der Waals surface area contributed by atoms with E-state index in [1.807, 2.05) is 0 Å². The van der Waals surface area contributed by atoms with Crippen LogP contribution >= 0.6 is 0 Å². The number of benzene rings is 8. The summed E-state index contributed by atoms with van der Waals surface area (Å²) in [6.07, 6.45) is 4.94. The highest BCUT2D eigenvalue weighted by atomic mass is 15.2. The zero-order valence-corrected chi connectivity index (χ0v) is 45.0. The number of nitrogens with zero attached hydrogens (tertiary/aromatic N) is 4. The summed E-state index contributed by atoms with van der Waals surface area (Å²) in [5, 5.41) is 10.5. The van der Waals surface area contributed by atoms with Crippen molar-refractivity contribution in [2.24, 2.45) is 0 Å². The van der Waals surface area contributed by atoms with Gasteiger partial charge >= 0.3 is 0 Å². The quantitative estimate of drug-likeness (QED) is 0.169. The van der Waals surface area contributed by atoms with Crippen molar-refractivity contribution in [1.29, 1.82) is 0 Å². The van der Waals surface area contributed by atoms with Crippen LogP contribution in [0.3, 0.4) is 0 Å². The molecule has 12 aromatic rings. The first kappa shape index (κ1) is 44.0. The van der Waals surface area contributed by atoms with Gasteiger partial charge in [0.25, 0.3) is 0 Å². The monoisotopic (exact) mass is 961 g/mol. The lowest BCUT2D eigenvalue weighted by Gasteiger charge is -2.30. The molecule has 3 aliphatic rings. The zero-order valence-electron chi connectivity index (χ0n) is 45.0. The van der Waals surface area contributed by atoms with Gasteiger partial charge in [-0.05, 0) is 140 Å². The lowest BCUT2D eigenvalue weighted by molar-refractivity contribution is 0.590. The Balaban J connectivity index is 0.974. The third-order valence-corrected chi connectivity index (χ3v) is 17.7. The third-order valence-electron chi connectivity index (χ3n) is 17.7. The van der Waals surface area contributed by atoms with E-state index in [0.717, 1.165) is 0 Å². The first-order valence-electron chi connectivity index (χ1n) is 27.0. The molecular formula is C70H64N4. The van der Waals surface area contributed by atoms with E-state index < -0.39 is 0 Å². The number of aromatic nitrogens is 3. The first-order chi connectivity index (χ1) is 35.3. The molecule has 0 amide bonds. The predicted molar refractivity (Wildman–Crippen MR) is 317 cm³/mol. The molecule has 364 valence electrons. The Kier molecular flexibility index (Phi) is 8.43. The van der Waals surface area contributed by atoms with Gasteiger partial charge in [-0.1, -0.05) is 156 Å². The summed E-state index contributed by atoms with van der Waals surface area (Å²) in [6.45, 7) is 27.9. The Morgan fingerprint density at radius 2 is 0.865 bits per heavy atom. The summed E-state index contributed by atoms with van der Waals surface area (Å²) < 4.78 is 7.78. The van der Waals surface area contributed by atoms with Gasteiger partial charge in [0.05, 0.1) is 62.0 Å². The van der Waals surface area contributed by atoms with Crippen LogP contribution in [0, 0.1) is 0 Å². The highest BCUT2D eigenvalue weighted by Crippen LogP contribution is 2.62. The highest BCUT2D eigenvalue weighted by molar-refractivity contribution is 6.27. The number of hydrogen-bond donors (Lipinski definition) is 0. The van der Waals surface area contributed by atoms with Gasteiger partial charge in [0.15, 0.2) is 0 Å². The van der Waals surface area contributed by atoms with E-state index in [1.165, 1.54) is 143 Å². The molecule has 4 nitrogen and oxygen atoms in total. The molecule has 0 radical (unpaired) electrons. The Labute approximate surface area is 434 Å². The molecule has 6 heterocycles. The van der Waals surface area contributed by atoms with Crippen molar-refractivity contribution in [2.45, 2.75) is 117 Å². The van der Waals surface area contributed by atoms with E-state index in [9.17, 15) is 0 Å². The summed E-state index contributed by atoms with van der Waals surface area (Å²) in [4.78, 5) is 2.70. The van der Waals surface area contributed by atoms with Crippen LogP contribution in [0.5, 0.6) is 0 Å². The SMILES string of the molecule is CC(C)(C)c1ccc2c(c1)c1cc(C(C)(C)C)ccc1n2C1=CC=C2c3cc4c(cc3N3c5ccccc5C1C23)c1ccc(-n2c3ccc(C(C)(C)C)cc3c3cc(C(C)(C)C)ccc32)c2c3ccccc3n4c12. The van der Waals surface area contributed by atoms with E-state index in [2.05, 4.69) is 259 Å². The molecule has 4 heteroatoms. The van der Waals surface area contributed by atoms with Crippen LogP contribution in [0.25, 0.3) is 98.7 Å². The van der Waals surface area contributed by atoms with Gasteiger partial charge in [-0.25, -0.2) is 0 Å². The number of allylic oxidation sites excluding steroid dienone is 2. The molecule has 74 heavy (non-hydrogen) atoms. The van der Waals surface area contributed by atoms with Crippen molar-refractivity contribution < 1.29 is 0 Å². The Morgan fingerprint density at radius 1 is 0.365 bits per heavy atom. The molecule has 4 aromatic heterocycles. The molecule has 0 N–H and O–H groups in total. The topological polar surface area (TPSA) is 17.5 Å². The van der Waals surface area contributed by atoms with Gasteiger partial charge < -0.3 is 18.4 Å². The van der Waals surface area contributed by atoms with Gasteiger partial charge in [-0.2, -0.15) is 0 Å². The van der Waals surface area contributed by atoms with Crippen LogP contribution < -0.4 is 4.90 Å². The molecule has 0 bridgehead atoms. The third kappa shape index (κ3) is 5.75. The fraction of sp³-hybridized carbons (Fsp3) is 0.257. The van der Waals surface area contributed by atoms with Crippen molar-refractivity contribution in [1.82, 2.24) is 13.5 Å². The second kappa shape index (κ2) is 14.2. The fourth-order valence-corrected chi connectivity index (χ4v) is 13.8. The summed E-state index contributed by atoms with van der Waals surface area (Å²) in [7, 11) is 0. The molecule has 0 spiro atoms. The zero-order chi connectivity index (χ0) is 50.9. The van der Waals surface area contributed by atoms with Crippen LogP contribution in [0.1, 0.15) is 122 Å². The number of hydrogen-bond acceptors (Lipinski definition) is 1. The van der Waals surface area contributed by atoms with Crippen LogP contribution in [0.2, 0.25) is 0 Å². The van der Waals surface area contributed by atoms with E-state index >= 15 is 0 Å². The van der Waals surface area contributed by atoms with Crippen LogP contribution in [-0.4, -0.2) is 19.6 Å². The molecule has 2 unspecified atom stereocenters. The number of fused-ring (bicyclic) bond motifs is 18. The maximum absolute atomic E-state index is 2.70. The predicted octanol–water partition coefficient (Wildman–Crippen LogP) is 18.8. The maximum atomic E-state index is 2.70. The van der Waals surface area contributed by atoms with Gasteiger partial charge in [0.1, 0.15) is 0 Å². The van der Waals surface area contributed by atoms with Crippen LogP contribution in [0.4, 0.5) is 11.4 Å². The van der Waals surface area contributed by atoms with E-state index in [4.69, 9.17) is 0 Å². The van der Waals surface area contributed by atoms with E-state index in [-0.39, 0.29) is 33.6 Å². The molecule has 0 saturated heterocycles. The van der Waals surface area contributed by atoms with Crippen LogP contribution in [0.15, 0.2) is 158 Å². The second-order valence-corrected chi connectivity index (χ2v) is 26.3. The molecule has 15 rings (SSSR count). The van der Waals surface area contributed by atoms with Crippen molar-refractivity contribution >= 4 is 104 Å². The van der Waals surface area contributed by atoms with Crippen LogP contribution in [-0.2, 0) is 21.7 Å². The van der Waals surface area contributed by atoms with Crippen molar-refractivity contribution in [3.05, 3.63) is 191 Å². The standard InChI is InChI=1S/C70H64N4/c1-67(2,3)39-21-27-55-47(33-39)48-34-40(68(4,5)6)22-28-56(48)71(55)59-31-25-43-51-37-62-52(38-61(51)73-53-19-15-13-17-45(53)63(59)65(43)73)44-26-32-60(64-46-18-14-16-20-54(46)74(62)66(44)64)72-57-29-23-41(69(7,8)9)35-49(57)50-36-42(70(10,11)12)24-30-58(50)72/h13-38,63,65H,1-12H3. The molecule has 2 atom stereocenters. The molecule has 1 aliphatic carbocycles. The number of anilines is 2. The molecular weight excluding hydrogens is 897 g/mol. The van der Waals surface area contributed by atoms with Crippen molar-refractivity contribution in [3.8, 4) is 5.69 Å². The lowest BCUT2D eigenvalue weighted by Crippen LogP contribution is -2.29. The molecule has 2 aliphatic heterocycles. The van der Waals surface area contributed by atoms with Gasteiger partial charge in [-0.3, -0.25) is 0 Å². The molecule has 0 fully saturated rings.